The minimum Gasteiger partial charge on any atom is -0.497 e. The number of methoxy groups -OCH3 is 2. The van der Waals surface area contributed by atoms with E-state index in [0.29, 0.717) is 19.5 Å². The molecule has 0 bridgehead atoms. The van der Waals surface area contributed by atoms with Gasteiger partial charge in [0.2, 0.25) is 5.91 Å². The first-order valence-corrected chi connectivity index (χ1v) is 11.9. The SMILES string of the molecule is COc1ccc2c(c1)N1CCN(c3ccccc3OC)C[C@H]1[C@H](C(=O)NCc1cccc(F)c1)C2. The lowest BCUT2D eigenvalue weighted by atomic mass is 9.83. The summed E-state index contributed by atoms with van der Waals surface area (Å²) in [5.41, 5.74) is 4.04. The first kappa shape index (κ1) is 23.0. The zero-order valence-electron chi connectivity index (χ0n) is 20.0. The van der Waals surface area contributed by atoms with Crippen LogP contribution in [0.15, 0.2) is 66.7 Å². The van der Waals surface area contributed by atoms with Crippen molar-refractivity contribution in [3.8, 4) is 11.5 Å². The fraction of sp³-hybridized carbons (Fsp3) is 0.321. The summed E-state index contributed by atoms with van der Waals surface area (Å²) in [6.45, 7) is 2.57. The third-order valence-corrected chi connectivity index (χ3v) is 7.04. The van der Waals surface area contributed by atoms with E-state index in [2.05, 4.69) is 33.3 Å². The van der Waals surface area contributed by atoms with Crippen LogP contribution in [-0.2, 0) is 17.8 Å². The molecule has 6 nitrogen and oxygen atoms in total. The summed E-state index contributed by atoms with van der Waals surface area (Å²) in [5, 5.41) is 3.06. The largest absolute Gasteiger partial charge is 0.497 e. The number of nitrogens with one attached hydrogen (secondary N) is 1. The van der Waals surface area contributed by atoms with Crippen LogP contribution >= 0.6 is 0 Å². The summed E-state index contributed by atoms with van der Waals surface area (Å²) in [5.74, 6) is 1.06. The van der Waals surface area contributed by atoms with Crippen LogP contribution in [0, 0.1) is 11.7 Å². The van der Waals surface area contributed by atoms with Gasteiger partial charge in [-0.3, -0.25) is 4.79 Å². The number of fused-ring (bicyclic) bond motifs is 3. The van der Waals surface area contributed by atoms with Crippen LogP contribution in [0.25, 0.3) is 0 Å². The van der Waals surface area contributed by atoms with Crippen molar-refractivity contribution in [1.29, 1.82) is 0 Å². The second-order valence-corrected chi connectivity index (χ2v) is 9.03. The maximum absolute atomic E-state index is 13.6. The summed E-state index contributed by atoms with van der Waals surface area (Å²) in [6, 6.07) is 20.4. The van der Waals surface area contributed by atoms with Crippen molar-refractivity contribution in [2.75, 3.05) is 43.7 Å². The minimum absolute atomic E-state index is 0.0207. The molecule has 35 heavy (non-hydrogen) atoms. The Labute approximate surface area is 205 Å². The maximum Gasteiger partial charge on any atom is 0.225 e. The number of carbonyl (C=O) groups excluding carboxylic acids is 1. The van der Waals surface area contributed by atoms with Gasteiger partial charge < -0.3 is 24.6 Å². The molecule has 3 aromatic rings. The number of piperazine rings is 1. The fourth-order valence-corrected chi connectivity index (χ4v) is 5.28. The average molecular weight is 476 g/mol. The first-order chi connectivity index (χ1) is 17.1. The zero-order valence-corrected chi connectivity index (χ0v) is 20.0. The van der Waals surface area contributed by atoms with Crippen molar-refractivity contribution in [3.05, 3.63) is 83.7 Å². The highest BCUT2D eigenvalue weighted by Gasteiger charge is 2.42. The van der Waals surface area contributed by atoms with Crippen LogP contribution in [0.1, 0.15) is 11.1 Å². The molecule has 7 heteroatoms. The van der Waals surface area contributed by atoms with E-state index in [1.165, 1.54) is 12.1 Å². The highest BCUT2D eigenvalue weighted by molar-refractivity contribution is 5.82. The molecule has 2 aliphatic rings. The molecule has 0 radical (unpaired) electrons. The van der Waals surface area contributed by atoms with Crippen LogP contribution in [0.4, 0.5) is 15.8 Å². The van der Waals surface area contributed by atoms with E-state index in [9.17, 15) is 9.18 Å². The monoisotopic (exact) mass is 475 g/mol. The summed E-state index contributed by atoms with van der Waals surface area (Å²) in [6.07, 6.45) is 0.634. The maximum atomic E-state index is 13.6. The van der Waals surface area contributed by atoms with Crippen LogP contribution < -0.4 is 24.6 Å². The molecule has 1 saturated heterocycles. The predicted octanol–water partition coefficient (Wildman–Crippen LogP) is 4.03. The molecule has 1 fully saturated rings. The number of carbonyl (C=O) groups is 1. The number of benzene rings is 3. The number of halogens is 1. The molecule has 0 unspecified atom stereocenters. The van der Waals surface area contributed by atoms with E-state index < -0.39 is 0 Å². The third kappa shape index (κ3) is 4.63. The van der Waals surface area contributed by atoms with E-state index >= 15 is 0 Å². The number of ether oxygens (including phenoxy) is 2. The molecule has 2 heterocycles. The molecule has 3 aromatic carbocycles. The van der Waals surface area contributed by atoms with Gasteiger partial charge in [0.25, 0.3) is 0 Å². The van der Waals surface area contributed by atoms with Crippen molar-refractivity contribution < 1.29 is 18.7 Å². The summed E-state index contributed by atoms with van der Waals surface area (Å²) in [7, 11) is 3.35. The molecule has 182 valence electrons. The van der Waals surface area contributed by atoms with Crippen molar-refractivity contribution in [2.24, 2.45) is 5.92 Å². The Hall–Kier alpha value is -3.74. The topological polar surface area (TPSA) is 54.0 Å². The predicted molar refractivity (Wildman–Crippen MR) is 135 cm³/mol. The van der Waals surface area contributed by atoms with Gasteiger partial charge >= 0.3 is 0 Å². The summed E-state index contributed by atoms with van der Waals surface area (Å²) < 4.78 is 24.7. The van der Waals surface area contributed by atoms with E-state index in [-0.39, 0.29) is 23.7 Å². The first-order valence-electron chi connectivity index (χ1n) is 11.9. The lowest BCUT2D eigenvalue weighted by Gasteiger charge is -2.49. The van der Waals surface area contributed by atoms with Crippen molar-refractivity contribution in [1.82, 2.24) is 5.32 Å². The van der Waals surface area contributed by atoms with Gasteiger partial charge in [-0.25, -0.2) is 4.39 Å². The van der Waals surface area contributed by atoms with Crippen LogP contribution in [0.2, 0.25) is 0 Å². The standard InChI is InChI=1S/C28H30FN3O3/c1-34-22-11-10-20-15-23(28(33)30-17-19-6-5-7-21(29)14-19)26-18-31(12-13-32(26)25(20)16-22)24-8-3-4-9-27(24)35-2/h3-11,14,16,23,26H,12-13,15,17-18H2,1-2H3,(H,30,33)/t23-,26+/m1/s1. The molecule has 0 aromatic heterocycles. The number of amides is 1. The molecular weight excluding hydrogens is 445 g/mol. The average Bonchev–Trinajstić information content (AvgIpc) is 2.90. The van der Waals surface area contributed by atoms with Gasteiger partial charge in [0.05, 0.1) is 31.9 Å². The molecule has 5 rings (SSSR count). The van der Waals surface area contributed by atoms with Crippen LogP contribution in [0.3, 0.4) is 0 Å². The van der Waals surface area contributed by atoms with Crippen LogP contribution in [0.5, 0.6) is 11.5 Å². The van der Waals surface area contributed by atoms with Crippen molar-refractivity contribution >= 4 is 17.3 Å². The molecule has 2 aliphatic heterocycles. The van der Waals surface area contributed by atoms with Gasteiger partial charge in [-0.05, 0) is 47.9 Å². The number of nitrogens with zero attached hydrogens (tertiary/aromatic N) is 2. The normalized spacial score (nSPS) is 18.9. The van der Waals surface area contributed by atoms with E-state index in [0.717, 1.165) is 47.1 Å². The van der Waals surface area contributed by atoms with Crippen molar-refractivity contribution in [2.45, 2.75) is 19.0 Å². The fourth-order valence-electron chi connectivity index (χ4n) is 5.28. The zero-order chi connectivity index (χ0) is 24.4. The van der Waals surface area contributed by atoms with E-state index in [1.54, 1.807) is 20.3 Å². The quantitative estimate of drug-likeness (QED) is 0.584. The van der Waals surface area contributed by atoms with E-state index in [1.807, 2.05) is 30.3 Å². The molecule has 0 saturated carbocycles. The second-order valence-electron chi connectivity index (χ2n) is 9.03. The van der Waals surface area contributed by atoms with Gasteiger partial charge in [0, 0.05) is 37.9 Å². The lowest BCUT2D eigenvalue weighted by Crippen LogP contribution is -2.61. The Morgan fingerprint density at radius 1 is 1.00 bits per heavy atom. The molecule has 1 amide bonds. The Kier molecular flexibility index (Phi) is 6.49. The van der Waals surface area contributed by atoms with Crippen molar-refractivity contribution in [3.63, 3.8) is 0 Å². The summed E-state index contributed by atoms with van der Waals surface area (Å²) in [4.78, 5) is 18.2. The van der Waals surface area contributed by atoms with Gasteiger partial charge in [0.1, 0.15) is 17.3 Å². The highest BCUT2D eigenvalue weighted by Crippen LogP contribution is 2.40. The third-order valence-electron chi connectivity index (χ3n) is 7.04. The molecule has 1 N–H and O–H groups in total. The van der Waals surface area contributed by atoms with Gasteiger partial charge in [-0.2, -0.15) is 0 Å². The van der Waals surface area contributed by atoms with Gasteiger partial charge in [-0.1, -0.05) is 30.3 Å². The molecule has 2 atom stereocenters. The highest BCUT2D eigenvalue weighted by atomic mass is 19.1. The molecule has 0 aliphatic carbocycles. The summed E-state index contributed by atoms with van der Waals surface area (Å²) >= 11 is 0. The number of para-hydroxylation sites is 2. The number of hydrogen-bond acceptors (Lipinski definition) is 5. The van der Waals surface area contributed by atoms with Gasteiger partial charge in [-0.15, -0.1) is 0 Å². The second kappa shape index (κ2) is 9.86. The lowest BCUT2D eigenvalue weighted by molar-refractivity contribution is -0.126. The van der Waals surface area contributed by atoms with Crippen LogP contribution in [-0.4, -0.2) is 45.8 Å². The smallest absolute Gasteiger partial charge is 0.225 e. The number of anilines is 2. The Morgan fingerprint density at radius 3 is 2.66 bits per heavy atom. The van der Waals surface area contributed by atoms with E-state index in [4.69, 9.17) is 9.47 Å². The number of rotatable bonds is 6. The Balaban J connectivity index is 1.43. The Bertz CT molecular complexity index is 1220. The molecular formula is C28H30FN3O3. The molecule has 0 spiro atoms. The number of hydrogen-bond donors (Lipinski definition) is 1. The Morgan fingerprint density at radius 2 is 1.86 bits per heavy atom. The van der Waals surface area contributed by atoms with Gasteiger partial charge in [0.15, 0.2) is 0 Å². The minimum atomic E-state index is -0.303.